The van der Waals surface area contributed by atoms with Crippen molar-refractivity contribution in [3.8, 4) is 0 Å². The van der Waals surface area contributed by atoms with Gasteiger partial charge in [0, 0.05) is 69.9 Å². The molecule has 0 radical (unpaired) electrons. The summed E-state index contributed by atoms with van der Waals surface area (Å²) in [6.07, 6.45) is 3.93. The predicted octanol–water partition coefficient (Wildman–Crippen LogP) is 4.00. The summed E-state index contributed by atoms with van der Waals surface area (Å²) in [7, 11) is 0. The standard InChI is InChI=1S/C30H47N7O/c1-23(2)37(24(3)4)21-16-31-30(38)26-12-19-36(20-13-26)29-11-10-28(33-34-29)32-27-14-17-35(18-15-27)22-25-8-6-5-7-9-25/h5-11,23-24,26-27H,12-22H2,1-4H3,(H,31,38)(H,32,33). The topological polar surface area (TPSA) is 76.6 Å². The van der Waals surface area contributed by atoms with Crippen LogP contribution in [-0.4, -0.2) is 83.3 Å². The number of amides is 1. The predicted molar refractivity (Wildman–Crippen MR) is 155 cm³/mol. The fourth-order valence-electron chi connectivity index (χ4n) is 5.79. The molecule has 0 atom stereocenters. The van der Waals surface area contributed by atoms with Gasteiger partial charge >= 0.3 is 0 Å². The molecular formula is C30H47N7O. The summed E-state index contributed by atoms with van der Waals surface area (Å²) in [6, 6.07) is 16.2. The quantitative estimate of drug-likeness (QED) is 0.463. The Bertz CT molecular complexity index is 958. The number of carbonyl (C=O) groups is 1. The van der Waals surface area contributed by atoms with Gasteiger partial charge in [0.25, 0.3) is 0 Å². The second kappa shape index (κ2) is 13.9. The molecule has 4 rings (SSSR count). The summed E-state index contributed by atoms with van der Waals surface area (Å²) in [5, 5.41) is 15.7. The summed E-state index contributed by atoms with van der Waals surface area (Å²) in [6.45, 7) is 15.3. The van der Waals surface area contributed by atoms with E-state index in [4.69, 9.17) is 0 Å². The van der Waals surface area contributed by atoms with Gasteiger partial charge in [-0.2, -0.15) is 0 Å². The van der Waals surface area contributed by atoms with Gasteiger partial charge < -0.3 is 15.5 Å². The first-order valence-electron chi connectivity index (χ1n) is 14.5. The van der Waals surface area contributed by atoms with Gasteiger partial charge in [0.15, 0.2) is 5.82 Å². The fourth-order valence-corrected chi connectivity index (χ4v) is 5.79. The number of rotatable bonds is 11. The van der Waals surface area contributed by atoms with Crippen molar-refractivity contribution in [1.29, 1.82) is 0 Å². The fraction of sp³-hybridized carbons (Fsp3) is 0.633. The SMILES string of the molecule is CC(C)N(CCNC(=O)C1CCN(c2ccc(NC3CCN(Cc4ccccc4)CC3)nn2)CC1)C(C)C. The highest BCUT2D eigenvalue weighted by atomic mass is 16.1. The number of hydrogen-bond acceptors (Lipinski definition) is 7. The summed E-state index contributed by atoms with van der Waals surface area (Å²) >= 11 is 0. The summed E-state index contributed by atoms with van der Waals surface area (Å²) in [5.41, 5.74) is 1.38. The van der Waals surface area contributed by atoms with Gasteiger partial charge in [-0.1, -0.05) is 30.3 Å². The zero-order chi connectivity index (χ0) is 26.9. The minimum Gasteiger partial charge on any atom is -0.366 e. The number of nitrogens with one attached hydrogen (secondary N) is 2. The van der Waals surface area contributed by atoms with Crippen molar-refractivity contribution >= 4 is 17.5 Å². The minimum atomic E-state index is 0.0828. The van der Waals surface area contributed by atoms with Crippen molar-refractivity contribution in [3.05, 3.63) is 48.0 Å². The van der Waals surface area contributed by atoms with Crippen molar-refractivity contribution in [3.63, 3.8) is 0 Å². The van der Waals surface area contributed by atoms with Crippen LogP contribution in [0.1, 0.15) is 58.9 Å². The molecule has 1 aromatic heterocycles. The average Bonchev–Trinajstić information content (AvgIpc) is 2.93. The number of benzene rings is 1. The summed E-state index contributed by atoms with van der Waals surface area (Å²) in [5.74, 6) is 2.02. The number of hydrogen-bond donors (Lipinski definition) is 2. The molecule has 2 aliphatic heterocycles. The highest BCUT2D eigenvalue weighted by molar-refractivity contribution is 5.79. The van der Waals surface area contributed by atoms with Gasteiger partial charge in [-0.15, -0.1) is 10.2 Å². The molecule has 8 heteroatoms. The normalized spacial score (nSPS) is 17.9. The summed E-state index contributed by atoms with van der Waals surface area (Å²) < 4.78 is 0. The van der Waals surface area contributed by atoms with E-state index in [-0.39, 0.29) is 11.8 Å². The van der Waals surface area contributed by atoms with Gasteiger partial charge in [0.2, 0.25) is 5.91 Å². The van der Waals surface area contributed by atoms with E-state index in [1.165, 1.54) is 5.56 Å². The van der Waals surface area contributed by atoms with Crippen LogP contribution in [0.4, 0.5) is 11.6 Å². The molecule has 2 saturated heterocycles. The van der Waals surface area contributed by atoms with Crippen LogP contribution in [0.2, 0.25) is 0 Å². The minimum absolute atomic E-state index is 0.0828. The van der Waals surface area contributed by atoms with Gasteiger partial charge in [-0.25, -0.2) is 0 Å². The van der Waals surface area contributed by atoms with Crippen LogP contribution in [0.3, 0.4) is 0 Å². The molecule has 2 fully saturated rings. The second-order valence-electron chi connectivity index (χ2n) is 11.4. The molecule has 1 aromatic carbocycles. The monoisotopic (exact) mass is 521 g/mol. The maximum absolute atomic E-state index is 12.7. The van der Waals surface area contributed by atoms with E-state index in [1.54, 1.807) is 0 Å². The molecule has 0 aliphatic carbocycles. The lowest BCUT2D eigenvalue weighted by molar-refractivity contribution is -0.125. The van der Waals surface area contributed by atoms with Crippen LogP contribution in [0.5, 0.6) is 0 Å². The Morgan fingerprint density at radius 1 is 0.921 bits per heavy atom. The largest absolute Gasteiger partial charge is 0.366 e. The number of carbonyl (C=O) groups excluding carboxylic acids is 1. The van der Waals surface area contributed by atoms with Crippen LogP contribution in [0.25, 0.3) is 0 Å². The van der Waals surface area contributed by atoms with Crippen LogP contribution >= 0.6 is 0 Å². The molecular weight excluding hydrogens is 474 g/mol. The first-order chi connectivity index (χ1) is 18.4. The Balaban J connectivity index is 1.15. The van der Waals surface area contributed by atoms with Crippen molar-refractivity contribution in [2.24, 2.45) is 5.92 Å². The van der Waals surface area contributed by atoms with Crippen molar-refractivity contribution in [2.75, 3.05) is 49.5 Å². The van der Waals surface area contributed by atoms with Gasteiger partial charge in [0.1, 0.15) is 5.82 Å². The number of piperidine rings is 2. The Morgan fingerprint density at radius 2 is 1.61 bits per heavy atom. The number of anilines is 2. The van der Waals surface area contributed by atoms with E-state index >= 15 is 0 Å². The van der Waals surface area contributed by atoms with E-state index in [2.05, 4.69) is 99.6 Å². The van der Waals surface area contributed by atoms with Crippen molar-refractivity contribution < 1.29 is 4.79 Å². The van der Waals surface area contributed by atoms with E-state index in [0.29, 0.717) is 24.7 Å². The van der Waals surface area contributed by atoms with Gasteiger partial charge in [-0.3, -0.25) is 14.6 Å². The molecule has 38 heavy (non-hydrogen) atoms. The smallest absolute Gasteiger partial charge is 0.223 e. The van der Waals surface area contributed by atoms with E-state index in [1.807, 2.05) is 6.07 Å². The Labute approximate surface area is 229 Å². The molecule has 208 valence electrons. The number of nitrogens with zero attached hydrogens (tertiary/aromatic N) is 5. The zero-order valence-corrected chi connectivity index (χ0v) is 23.8. The Kier molecular flexibility index (Phi) is 10.4. The Hall–Kier alpha value is -2.71. The highest BCUT2D eigenvalue weighted by Gasteiger charge is 2.26. The maximum Gasteiger partial charge on any atom is 0.223 e. The number of likely N-dealkylation sites (tertiary alicyclic amines) is 1. The van der Waals surface area contributed by atoms with Gasteiger partial charge in [0.05, 0.1) is 0 Å². The zero-order valence-electron chi connectivity index (χ0n) is 23.8. The van der Waals surface area contributed by atoms with Crippen LogP contribution in [-0.2, 0) is 11.3 Å². The van der Waals surface area contributed by atoms with Crippen LogP contribution in [0, 0.1) is 5.92 Å². The van der Waals surface area contributed by atoms with Crippen LogP contribution < -0.4 is 15.5 Å². The van der Waals surface area contributed by atoms with Gasteiger partial charge in [-0.05, 0) is 71.1 Å². The highest BCUT2D eigenvalue weighted by Crippen LogP contribution is 2.23. The molecule has 0 saturated carbocycles. The lowest BCUT2D eigenvalue weighted by atomic mass is 9.96. The average molecular weight is 522 g/mol. The molecule has 2 aromatic rings. The first kappa shape index (κ1) is 28.3. The van der Waals surface area contributed by atoms with Crippen molar-refractivity contribution in [1.82, 2.24) is 25.3 Å². The third-order valence-electron chi connectivity index (χ3n) is 8.02. The third-order valence-corrected chi connectivity index (χ3v) is 8.02. The molecule has 2 N–H and O–H groups in total. The molecule has 8 nitrogen and oxygen atoms in total. The Morgan fingerprint density at radius 3 is 2.21 bits per heavy atom. The lowest BCUT2D eigenvalue weighted by Crippen LogP contribution is -2.45. The first-order valence-corrected chi connectivity index (χ1v) is 14.5. The summed E-state index contributed by atoms with van der Waals surface area (Å²) in [4.78, 5) is 19.9. The molecule has 1 amide bonds. The molecule has 0 unspecified atom stereocenters. The van der Waals surface area contributed by atoms with E-state index in [9.17, 15) is 4.79 Å². The third kappa shape index (κ3) is 8.14. The van der Waals surface area contributed by atoms with E-state index < -0.39 is 0 Å². The molecule has 0 spiro atoms. The maximum atomic E-state index is 12.7. The second-order valence-corrected chi connectivity index (χ2v) is 11.4. The lowest BCUT2D eigenvalue weighted by Gasteiger charge is -2.33. The van der Waals surface area contributed by atoms with E-state index in [0.717, 1.165) is 76.6 Å². The molecule has 2 aliphatic rings. The van der Waals surface area contributed by atoms with Crippen molar-refractivity contribution in [2.45, 2.75) is 78.0 Å². The van der Waals surface area contributed by atoms with Crippen LogP contribution in [0.15, 0.2) is 42.5 Å². The molecule has 3 heterocycles. The molecule has 0 bridgehead atoms. The number of aromatic nitrogens is 2.